The van der Waals surface area contributed by atoms with Crippen LogP contribution in [0.15, 0.2) is 176 Å². The minimum absolute atomic E-state index is 0.550. The van der Waals surface area contributed by atoms with Gasteiger partial charge in [-0.15, -0.1) is 11.3 Å². The molecule has 5 heterocycles. The SMILES string of the molecule is c1ccc(-c2nc(-c3ccccc3)nc(-n3c4ccccc4c4c3ccc3c5ccccc5n(-c5cncc(-c6ccc7sc8ccccc8c7c6)n5)c34)n2)cc1. The highest BCUT2D eigenvalue weighted by molar-refractivity contribution is 7.25. The number of aromatic nitrogens is 7. The summed E-state index contributed by atoms with van der Waals surface area (Å²) < 4.78 is 6.99. The van der Waals surface area contributed by atoms with Crippen molar-refractivity contribution in [2.75, 3.05) is 0 Å². The van der Waals surface area contributed by atoms with Gasteiger partial charge in [0.2, 0.25) is 5.95 Å². The molecule has 0 bridgehead atoms. The number of rotatable bonds is 5. The molecule has 0 saturated carbocycles. The standard InChI is InChI=1S/C49H29N7S/c1-3-13-30(14-4-1)47-52-48(31-15-5-2-6-16-31)54-49(53-47)55-40-21-11-8-19-36(40)45-41(55)25-24-35-33-17-7-10-20-39(33)56(46(35)45)44-29-50-28-38(51-44)32-23-26-43-37(27-32)34-18-9-12-22-42(34)57-43/h1-29H. The van der Waals surface area contributed by atoms with Crippen molar-refractivity contribution in [2.45, 2.75) is 0 Å². The van der Waals surface area contributed by atoms with Gasteiger partial charge >= 0.3 is 0 Å². The molecule has 0 unspecified atom stereocenters. The summed E-state index contributed by atoms with van der Waals surface area (Å²) in [6, 6.07) is 56.9. The van der Waals surface area contributed by atoms with Crippen LogP contribution in [0.1, 0.15) is 0 Å². The van der Waals surface area contributed by atoms with Crippen LogP contribution < -0.4 is 0 Å². The lowest BCUT2D eigenvalue weighted by Gasteiger charge is -2.11. The fraction of sp³-hybridized carbons (Fsp3) is 0. The van der Waals surface area contributed by atoms with E-state index in [1.54, 1.807) is 0 Å². The molecule has 0 radical (unpaired) electrons. The molecule has 7 nitrogen and oxygen atoms in total. The molecule has 0 atom stereocenters. The molecule has 0 saturated heterocycles. The van der Waals surface area contributed by atoms with E-state index in [9.17, 15) is 0 Å². The van der Waals surface area contributed by atoms with Crippen molar-refractivity contribution < 1.29 is 0 Å². The molecule has 0 amide bonds. The predicted octanol–water partition coefficient (Wildman–Crippen LogP) is 12.2. The normalized spacial score (nSPS) is 11.9. The average Bonchev–Trinajstić information content (AvgIpc) is 3.94. The molecule has 5 aromatic heterocycles. The Kier molecular flexibility index (Phi) is 6.96. The Hall–Kier alpha value is -7.55. The third kappa shape index (κ3) is 4.94. The smallest absolute Gasteiger partial charge is 0.238 e. The average molecular weight is 748 g/mol. The summed E-state index contributed by atoms with van der Waals surface area (Å²) in [5, 5.41) is 6.93. The van der Waals surface area contributed by atoms with Crippen LogP contribution >= 0.6 is 11.3 Å². The van der Waals surface area contributed by atoms with E-state index < -0.39 is 0 Å². The van der Waals surface area contributed by atoms with E-state index in [0.29, 0.717) is 17.6 Å². The van der Waals surface area contributed by atoms with Gasteiger partial charge in [0.15, 0.2) is 17.5 Å². The fourth-order valence-electron chi connectivity index (χ4n) is 8.35. The molecule has 0 aliphatic rings. The Morgan fingerprint density at radius 1 is 0.404 bits per heavy atom. The molecule has 7 aromatic carbocycles. The highest BCUT2D eigenvalue weighted by Crippen LogP contribution is 2.42. The van der Waals surface area contributed by atoms with Gasteiger partial charge in [-0.1, -0.05) is 127 Å². The summed E-state index contributed by atoms with van der Waals surface area (Å²) in [6.07, 6.45) is 3.74. The van der Waals surface area contributed by atoms with Crippen molar-refractivity contribution in [1.82, 2.24) is 34.1 Å². The van der Waals surface area contributed by atoms with Crippen LogP contribution in [0.2, 0.25) is 0 Å². The number of hydrogen-bond donors (Lipinski definition) is 0. The van der Waals surface area contributed by atoms with Crippen LogP contribution in [0.3, 0.4) is 0 Å². The minimum Gasteiger partial charge on any atom is -0.292 e. The van der Waals surface area contributed by atoms with E-state index in [-0.39, 0.29) is 0 Å². The first-order valence-corrected chi connectivity index (χ1v) is 19.7. The number of nitrogens with zero attached hydrogens (tertiary/aromatic N) is 7. The van der Waals surface area contributed by atoms with Gasteiger partial charge in [-0.2, -0.15) is 9.97 Å². The largest absolute Gasteiger partial charge is 0.292 e. The Morgan fingerprint density at radius 3 is 1.79 bits per heavy atom. The molecule has 8 heteroatoms. The maximum Gasteiger partial charge on any atom is 0.238 e. The number of para-hydroxylation sites is 2. The Bertz CT molecular complexity index is 3470. The summed E-state index contributed by atoms with van der Waals surface area (Å²) in [4.78, 5) is 25.5. The van der Waals surface area contributed by atoms with Crippen LogP contribution in [0.25, 0.3) is 110 Å². The highest BCUT2D eigenvalue weighted by atomic mass is 32.1. The first kappa shape index (κ1) is 31.8. The summed E-state index contributed by atoms with van der Waals surface area (Å²) in [5.74, 6) is 2.52. The van der Waals surface area contributed by atoms with Crippen molar-refractivity contribution in [3.63, 3.8) is 0 Å². The number of fused-ring (bicyclic) bond motifs is 10. The molecule has 0 spiro atoms. The summed E-state index contributed by atoms with van der Waals surface area (Å²) >= 11 is 1.82. The van der Waals surface area contributed by atoms with Gasteiger partial charge in [-0.05, 0) is 36.4 Å². The van der Waals surface area contributed by atoms with E-state index >= 15 is 0 Å². The van der Waals surface area contributed by atoms with Gasteiger partial charge in [0.25, 0.3) is 0 Å². The number of hydrogen-bond acceptors (Lipinski definition) is 6. The third-order valence-corrected chi connectivity index (χ3v) is 12.0. The van der Waals surface area contributed by atoms with Crippen LogP contribution in [0.4, 0.5) is 0 Å². The molecule has 12 aromatic rings. The van der Waals surface area contributed by atoms with Crippen LogP contribution in [-0.4, -0.2) is 34.1 Å². The highest BCUT2D eigenvalue weighted by Gasteiger charge is 2.23. The van der Waals surface area contributed by atoms with E-state index in [1.807, 2.05) is 84.4 Å². The fourth-order valence-corrected chi connectivity index (χ4v) is 9.43. The number of benzene rings is 7. The zero-order valence-electron chi connectivity index (χ0n) is 30.3. The monoisotopic (exact) mass is 747 g/mol. The molecule has 0 aliphatic carbocycles. The van der Waals surface area contributed by atoms with E-state index in [1.165, 1.54) is 20.2 Å². The Balaban J connectivity index is 1.13. The van der Waals surface area contributed by atoms with Crippen molar-refractivity contribution in [3.05, 3.63) is 176 Å². The molecule has 266 valence electrons. The predicted molar refractivity (Wildman–Crippen MR) is 233 cm³/mol. The van der Waals surface area contributed by atoms with E-state index in [4.69, 9.17) is 24.9 Å². The van der Waals surface area contributed by atoms with Gasteiger partial charge in [-0.3, -0.25) is 14.1 Å². The second-order valence-corrected chi connectivity index (χ2v) is 15.2. The lowest BCUT2D eigenvalue weighted by Crippen LogP contribution is -2.06. The van der Waals surface area contributed by atoms with Crippen LogP contribution in [0.5, 0.6) is 0 Å². The molecule has 0 N–H and O–H groups in total. The molecule has 57 heavy (non-hydrogen) atoms. The van der Waals surface area contributed by atoms with Gasteiger partial charge in [0.1, 0.15) is 0 Å². The second kappa shape index (κ2) is 12.5. The maximum absolute atomic E-state index is 5.36. The van der Waals surface area contributed by atoms with E-state index in [0.717, 1.165) is 71.8 Å². The molecule has 12 rings (SSSR count). The number of thiophene rings is 1. The van der Waals surface area contributed by atoms with Crippen molar-refractivity contribution in [1.29, 1.82) is 0 Å². The minimum atomic E-state index is 0.550. The summed E-state index contributed by atoms with van der Waals surface area (Å²) in [5.41, 5.74) is 7.78. The van der Waals surface area contributed by atoms with Crippen molar-refractivity contribution >= 4 is 75.1 Å². The quantitative estimate of drug-likeness (QED) is 0.175. The molecular formula is C49H29N7S. The lowest BCUT2D eigenvalue weighted by atomic mass is 10.1. The zero-order chi connectivity index (χ0) is 37.5. The first-order valence-electron chi connectivity index (χ1n) is 18.8. The summed E-state index contributed by atoms with van der Waals surface area (Å²) in [7, 11) is 0. The van der Waals surface area contributed by atoms with Gasteiger partial charge in [0.05, 0.1) is 40.2 Å². The van der Waals surface area contributed by atoms with Crippen molar-refractivity contribution in [2.24, 2.45) is 0 Å². The van der Waals surface area contributed by atoms with Gasteiger partial charge in [0, 0.05) is 58.4 Å². The van der Waals surface area contributed by atoms with Crippen LogP contribution in [-0.2, 0) is 0 Å². The lowest BCUT2D eigenvalue weighted by molar-refractivity contribution is 0.953. The topological polar surface area (TPSA) is 74.3 Å². The maximum atomic E-state index is 5.36. The summed E-state index contributed by atoms with van der Waals surface area (Å²) in [6.45, 7) is 0. The molecular weight excluding hydrogens is 719 g/mol. The van der Waals surface area contributed by atoms with Gasteiger partial charge in [-0.25, -0.2) is 9.97 Å². The third-order valence-electron chi connectivity index (χ3n) is 10.9. The van der Waals surface area contributed by atoms with Crippen molar-refractivity contribution in [3.8, 4) is 45.8 Å². The van der Waals surface area contributed by atoms with Gasteiger partial charge < -0.3 is 0 Å². The second-order valence-electron chi connectivity index (χ2n) is 14.1. The van der Waals surface area contributed by atoms with Crippen LogP contribution in [0, 0.1) is 0 Å². The molecule has 0 aliphatic heterocycles. The Labute approximate surface area is 329 Å². The Morgan fingerprint density at radius 2 is 1.04 bits per heavy atom. The van der Waals surface area contributed by atoms with E-state index in [2.05, 4.69) is 112 Å². The first-order chi connectivity index (χ1) is 28.3. The zero-order valence-corrected chi connectivity index (χ0v) is 31.1. The molecule has 0 fully saturated rings.